The average Bonchev–Trinajstić information content (AvgIpc) is 2.41. The number of nitrogen functional groups attached to an aromatic ring is 1. The van der Waals surface area contributed by atoms with Gasteiger partial charge in [-0.05, 0) is 46.9 Å². The summed E-state index contributed by atoms with van der Waals surface area (Å²) < 4.78 is 11.5. The number of benzene rings is 1. The highest BCUT2D eigenvalue weighted by Gasteiger charge is 2.07. The van der Waals surface area contributed by atoms with E-state index in [2.05, 4.69) is 43.0 Å². The maximum atomic E-state index is 5.48. The quantitative estimate of drug-likeness (QED) is 0.486. The van der Waals surface area contributed by atoms with Crippen molar-refractivity contribution in [2.45, 2.75) is 0 Å². The largest absolute Gasteiger partial charge is 0.467 e. The fourth-order valence-electron chi connectivity index (χ4n) is 1.15. The van der Waals surface area contributed by atoms with Gasteiger partial charge in [0.15, 0.2) is 0 Å². The number of aromatic nitrogens is 3. The van der Waals surface area contributed by atoms with E-state index in [1.54, 1.807) is 0 Å². The molecule has 0 aliphatic heterocycles. The lowest BCUT2D eigenvalue weighted by atomic mass is 10.3. The van der Waals surface area contributed by atoms with Crippen molar-refractivity contribution in [1.29, 1.82) is 0 Å². The molecule has 0 unspecified atom stereocenters. The molecular weight excluding hydrogens is 349 g/mol. The molecule has 2 rings (SSSR count). The maximum absolute atomic E-state index is 5.48. The van der Waals surface area contributed by atoms with E-state index < -0.39 is 0 Å². The van der Waals surface area contributed by atoms with Gasteiger partial charge in [0.2, 0.25) is 5.95 Å². The van der Waals surface area contributed by atoms with Gasteiger partial charge in [0.1, 0.15) is 5.75 Å². The molecule has 0 saturated carbocycles. The molecule has 0 spiro atoms. The first-order valence-corrected chi connectivity index (χ1v) is 5.99. The molecule has 8 heteroatoms. The van der Waals surface area contributed by atoms with Crippen LogP contribution in [0.2, 0.25) is 0 Å². The van der Waals surface area contributed by atoms with Crippen LogP contribution in [0.3, 0.4) is 0 Å². The highest BCUT2D eigenvalue weighted by atomic mass is 127. The van der Waals surface area contributed by atoms with Gasteiger partial charge in [-0.1, -0.05) is 0 Å². The van der Waals surface area contributed by atoms with E-state index in [0.717, 1.165) is 3.57 Å². The fourth-order valence-corrected chi connectivity index (χ4v) is 1.51. The van der Waals surface area contributed by atoms with Crippen molar-refractivity contribution < 1.29 is 9.47 Å². The number of nitrogens with two attached hydrogens (primary N) is 1. The molecule has 1 aromatic heterocycles. The van der Waals surface area contributed by atoms with Crippen LogP contribution in [-0.4, -0.2) is 22.1 Å². The van der Waals surface area contributed by atoms with E-state index in [-0.39, 0.29) is 18.0 Å². The van der Waals surface area contributed by atoms with Crippen molar-refractivity contribution >= 4 is 28.5 Å². The molecule has 0 fully saturated rings. The zero-order valence-electron chi connectivity index (χ0n) is 9.42. The van der Waals surface area contributed by atoms with Crippen LogP contribution in [0.25, 0.3) is 0 Å². The summed E-state index contributed by atoms with van der Waals surface area (Å²) in [5.74, 6) is 6.03. The van der Waals surface area contributed by atoms with Crippen molar-refractivity contribution in [1.82, 2.24) is 15.0 Å². The highest BCUT2D eigenvalue weighted by molar-refractivity contribution is 14.1. The van der Waals surface area contributed by atoms with Gasteiger partial charge in [-0.15, -0.1) is 4.98 Å². The van der Waals surface area contributed by atoms with Crippen LogP contribution in [0.15, 0.2) is 24.3 Å². The Labute approximate surface area is 117 Å². The fraction of sp³-hybridized carbons (Fsp3) is 0.100. The molecule has 1 aromatic carbocycles. The van der Waals surface area contributed by atoms with Crippen molar-refractivity contribution in [2.75, 3.05) is 12.5 Å². The second-order valence-electron chi connectivity index (χ2n) is 3.13. The van der Waals surface area contributed by atoms with E-state index >= 15 is 0 Å². The van der Waals surface area contributed by atoms with E-state index in [4.69, 9.17) is 15.3 Å². The molecule has 94 valence electrons. The number of rotatable bonds is 4. The van der Waals surface area contributed by atoms with Crippen LogP contribution in [0, 0.1) is 3.57 Å². The van der Waals surface area contributed by atoms with Gasteiger partial charge in [0.05, 0.1) is 7.11 Å². The molecule has 0 saturated heterocycles. The van der Waals surface area contributed by atoms with Gasteiger partial charge in [-0.2, -0.15) is 9.97 Å². The topological polar surface area (TPSA) is 95.2 Å². The molecule has 0 radical (unpaired) electrons. The number of methoxy groups -OCH3 is 1. The molecule has 2 aromatic rings. The Hall–Kier alpha value is -1.68. The number of anilines is 1. The van der Waals surface area contributed by atoms with Crippen molar-refractivity contribution in [3.63, 3.8) is 0 Å². The van der Waals surface area contributed by atoms with E-state index in [0.29, 0.717) is 5.75 Å². The van der Waals surface area contributed by atoms with Crippen molar-refractivity contribution in [2.24, 2.45) is 5.84 Å². The van der Waals surface area contributed by atoms with Crippen LogP contribution in [0.4, 0.5) is 5.95 Å². The Balaban J connectivity index is 2.25. The van der Waals surface area contributed by atoms with E-state index in [9.17, 15) is 0 Å². The molecular formula is C10H10IN5O2. The third kappa shape index (κ3) is 3.17. The molecule has 0 amide bonds. The summed E-state index contributed by atoms with van der Waals surface area (Å²) in [5, 5.41) is 0. The number of nitrogens with one attached hydrogen (secondary N) is 1. The summed E-state index contributed by atoms with van der Waals surface area (Å²) in [4.78, 5) is 11.8. The highest BCUT2D eigenvalue weighted by Crippen LogP contribution is 2.21. The minimum absolute atomic E-state index is 0.107. The van der Waals surface area contributed by atoms with Crippen LogP contribution in [-0.2, 0) is 0 Å². The Morgan fingerprint density at radius 2 is 1.78 bits per heavy atom. The summed E-state index contributed by atoms with van der Waals surface area (Å²) in [5.41, 5.74) is 2.31. The molecule has 18 heavy (non-hydrogen) atoms. The first-order valence-electron chi connectivity index (χ1n) is 4.91. The molecule has 1 heterocycles. The number of nitrogens with zero attached hydrogens (tertiary/aromatic N) is 3. The lowest BCUT2D eigenvalue weighted by molar-refractivity contribution is 0.360. The lowest BCUT2D eigenvalue weighted by Gasteiger charge is -2.06. The molecule has 0 atom stereocenters. The molecule has 3 N–H and O–H groups in total. The standard InChI is InChI=1S/C10H10IN5O2/c1-17-9-13-8(16-12)14-10(15-9)18-7-4-2-6(11)3-5-7/h2-5H,12H2,1H3,(H,13,14,15,16). The molecule has 0 aliphatic rings. The summed E-state index contributed by atoms with van der Waals surface area (Å²) >= 11 is 2.21. The predicted molar refractivity (Wildman–Crippen MR) is 73.4 cm³/mol. The average molecular weight is 359 g/mol. The zero-order valence-corrected chi connectivity index (χ0v) is 11.6. The smallest absolute Gasteiger partial charge is 0.330 e. The number of halogens is 1. The summed E-state index contributed by atoms with van der Waals surface area (Å²) in [6.07, 6.45) is 0. The minimum atomic E-state index is 0.107. The van der Waals surface area contributed by atoms with Crippen LogP contribution >= 0.6 is 22.6 Å². The molecule has 0 bridgehead atoms. The zero-order chi connectivity index (χ0) is 13.0. The summed E-state index contributed by atoms with van der Waals surface area (Å²) in [7, 11) is 1.45. The van der Waals surface area contributed by atoms with Gasteiger partial charge in [0.25, 0.3) is 0 Å². The van der Waals surface area contributed by atoms with Crippen LogP contribution in [0.1, 0.15) is 0 Å². The number of hydrogen-bond acceptors (Lipinski definition) is 7. The minimum Gasteiger partial charge on any atom is -0.467 e. The van der Waals surface area contributed by atoms with Crippen molar-refractivity contribution in [3.05, 3.63) is 27.8 Å². The Kier molecular flexibility index (Phi) is 4.10. The number of ether oxygens (including phenoxy) is 2. The Morgan fingerprint density at radius 1 is 1.11 bits per heavy atom. The van der Waals surface area contributed by atoms with Crippen molar-refractivity contribution in [3.8, 4) is 17.8 Å². The van der Waals surface area contributed by atoms with Gasteiger partial charge in [-0.25, -0.2) is 5.84 Å². The number of hydrogen-bond donors (Lipinski definition) is 2. The SMILES string of the molecule is COc1nc(NN)nc(Oc2ccc(I)cc2)n1. The second-order valence-corrected chi connectivity index (χ2v) is 4.37. The van der Waals surface area contributed by atoms with Gasteiger partial charge < -0.3 is 9.47 Å². The van der Waals surface area contributed by atoms with Crippen LogP contribution in [0.5, 0.6) is 17.8 Å². The third-order valence-electron chi connectivity index (χ3n) is 1.93. The van der Waals surface area contributed by atoms with E-state index in [1.807, 2.05) is 24.3 Å². The summed E-state index contributed by atoms with van der Waals surface area (Å²) in [6.45, 7) is 0. The Morgan fingerprint density at radius 3 is 2.39 bits per heavy atom. The predicted octanol–water partition coefficient (Wildman–Crippen LogP) is 1.56. The second kappa shape index (κ2) is 5.78. The molecule has 7 nitrogen and oxygen atoms in total. The molecule has 0 aliphatic carbocycles. The van der Waals surface area contributed by atoms with Gasteiger partial charge in [0, 0.05) is 3.57 Å². The maximum Gasteiger partial charge on any atom is 0.330 e. The Bertz CT molecular complexity index is 512. The summed E-state index contributed by atoms with van der Waals surface area (Å²) in [6, 6.07) is 7.68. The first kappa shape index (κ1) is 12.8. The monoisotopic (exact) mass is 359 g/mol. The number of hydrazine groups is 1. The normalized spacial score (nSPS) is 9.94. The lowest BCUT2D eigenvalue weighted by Crippen LogP contribution is -2.12. The van der Waals surface area contributed by atoms with Gasteiger partial charge in [-0.3, -0.25) is 5.43 Å². The first-order chi connectivity index (χ1) is 8.71. The van der Waals surface area contributed by atoms with Gasteiger partial charge >= 0.3 is 12.0 Å². The van der Waals surface area contributed by atoms with Crippen LogP contribution < -0.4 is 20.7 Å². The third-order valence-corrected chi connectivity index (χ3v) is 2.65. The van der Waals surface area contributed by atoms with E-state index in [1.165, 1.54) is 7.11 Å².